The van der Waals surface area contributed by atoms with Gasteiger partial charge in [0.1, 0.15) is 15.9 Å². The van der Waals surface area contributed by atoms with Crippen LogP contribution >= 0.6 is 61.7 Å². The van der Waals surface area contributed by atoms with Gasteiger partial charge in [-0.25, -0.2) is 9.97 Å². The maximum atomic E-state index is 6.26. The van der Waals surface area contributed by atoms with Crippen molar-refractivity contribution in [3.05, 3.63) is 42.6 Å². The molecule has 0 radical (unpaired) electrons. The van der Waals surface area contributed by atoms with E-state index in [1.54, 1.807) is 6.20 Å². The molecule has 0 aliphatic carbocycles. The Bertz CT molecular complexity index is 765. The number of hydrogen-bond donors (Lipinski definition) is 1. The number of nitrogens with zero attached hydrogens (tertiary/aromatic N) is 2. The highest BCUT2D eigenvalue weighted by Gasteiger charge is 2.15. The van der Waals surface area contributed by atoms with E-state index in [-0.39, 0.29) is 0 Å². The Kier molecular flexibility index (Phi) is 3.72. The average molecular weight is 469 g/mol. The van der Waals surface area contributed by atoms with Gasteiger partial charge in [0, 0.05) is 9.77 Å². The van der Waals surface area contributed by atoms with Crippen LogP contribution in [0.1, 0.15) is 0 Å². The largest absolute Gasteiger partial charge is 0.338 e. The van der Waals surface area contributed by atoms with Crippen LogP contribution in [-0.2, 0) is 0 Å². The average Bonchev–Trinajstić information content (AvgIpc) is 2.72. The molecule has 0 bridgehead atoms. The van der Waals surface area contributed by atoms with E-state index in [1.165, 1.54) is 0 Å². The molecule has 1 aromatic carbocycles. The number of fused-ring (bicyclic) bond motifs is 1. The fraction of sp³-hybridized carbons (Fsp3) is 0. The summed E-state index contributed by atoms with van der Waals surface area (Å²) in [4.78, 5) is 11.8. The van der Waals surface area contributed by atoms with Crippen LogP contribution in [0.4, 0.5) is 0 Å². The molecule has 2 heterocycles. The minimum absolute atomic E-state index is 0.569. The molecule has 2 aromatic heterocycles. The first-order valence-corrected chi connectivity index (χ1v) is 7.84. The Morgan fingerprint density at radius 3 is 2.53 bits per heavy atom. The second-order valence-electron chi connectivity index (χ2n) is 3.83. The third kappa shape index (κ3) is 2.49. The fourth-order valence-corrected chi connectivity index (χ4v) is 3.87. The van der Waals surface area contributed by atoms with E-state index in [0.29, 0.717) is 26.0 Å². The number of pyridine rings is 1. The SMILES string of the molecule is Clc1cc(I)cc(Cl)c1-c1nc2c(Br)nccc2[nH]1. The highest BCUT2D eigenvalue weighted by atomic mass is 127. The van der Waals surface area contributed by atoms with Gasteiger partial charge < -0.3 is 4.98 Å². The number of rotatable bonds is 1. The molecule has 0 aliphatic heterocycles. The molecule has 3 rings (SSSR count). The summed E-state index contributed by atoms with van der Waals surface area (Å²) in [5.41, 5.74) is 2.33. The van der Waals surface area contributed by atoms with Gasteiger partial charge in [-0.3, -0.25) is 0 Å². The summed E-state index contributed by atoms with van der Waals surface area (Å²) in [7, 11) is 0. The van der Waals surface area contributed by atoms with Gasteiger partial charge >= 0.3 is 0 Å². The summed E-state index contributed by atoms with van der Waals surface area (Å²) in [5, 5.41) is 1.14. The van der Waals surface area contributed by atoms with Crippen molar-refractivity contribution in [2.24, 2.45) is 0 Å². The first kappa shape index (κ1) is 13.6. The standard InChI is InChI=1S/C12H5BrCl2IN3/c13-11-10-8(1-2-17-11)18-12(19-10)9-6(14)3-5(16)4-7(9)15/h1-4H,(H,18,19). The molecule has 3 aromatic rings. The molecule has 19 heavy (non-hydrogen) atoms. The van der Waals surface area contributed by atoms with Gasteiger partial charge in [-0.05, 0) is 56.7 Å². The van der Waals surface area contributed by atoms with Crippen molar-refractivity contribution in [1.82, 2.24) is 15.0 Å². The molecular formula is C12H5BrCl2IN3. The van der Waals surface area contributed by atoms with Crippen molar-refractivity contribution in [3.63, 3.8) is 0 Å². The quantitative estimate of drug-likeness (QED) is 0.389. The molecule has 0 fully saturated rings. The molecule has 0 amide bonds. The van der Waals surface area contributed by atoms with Crippen molar-refractivity contribution in [3.8, 4) is 11.4 Å². The minimum Gasteiger partial charge on any atom is -0.338 e. The fourth-order valence-electron chi connectivity index (χ4n) is 1.79. The number of aromatic amines is 1. The summed E-state index contributed by atoms with van der Waals surface area (Å²) in [5.74, 6) is 0.634. The lowest BCUT2D eigenvalue weighted by atomic mass is 10.2. The molecule has 96 valence electrons. The van der Waals surface area contributed by atoms with Gasteiger partial charge in [-0.2, -0.15) is 0 Å². The van der Waals surface area contributed by atoms with E-state index >= 15 is 0 Å². The zero-order chi connectivity index (χ0) is 13.6. The summed E-state index contributed by atoms with van der Waals surface area (Å²) in [6.45, 7) is 0. The summed E-state index contributed by atoms with van der Waals surface area (Å²) in [6.07, 6.45) is 1.70. The topological polar surface area (TPSA) is 41.6 Å². The van der Waals surface area contributed by atoms with Crippen LogP contribution in [0.2, 0.25) is 10.0 Å². The molecular weight excluding hydrogens is 464 g/mol. The number of benzene rings is 1. The second-order valence-corrected chi connectivity index (χ2v) is 6.64. The van der Waals surface area contributed by atoms with Gasteiger partial charge in [0.2, 0.25) is 0 Å². The van der Waals surface area contributed by atoms with Gasteiger partial charge in [-0.1, -0.05) is 23.2 Å². The van der Waals surface area contributed by atoms with E-state index in [0.717, 1.165) is 14.6 Å². The highest BCUT2D eigenvalue weighted by molar-refractivity contribution is 14.1. The number of imidazole rings is 1. The molecule has 0 unspecified atom stereocenters. The molecule has 0 saturated heterocycles. The third-order valence-corrected chi connectivity index (χ3v) is 4.40. The lowest BCUT2D eigenvalue weighted by molar-refractivity contribution is 1.29. The smallest absolute Gasteiger partial charge is 0.141 e. The van der Waals surface area contributed by atoms with Gasteiger partial charge in [0.15, 0.2) is 0 Å². The number of aromatic nitrogens is 3. The monoisotopic (exact) mass is 467 g/mol. The van der Waals surface area contributed by atoms with Crippen molar-refractivity contribution in [2.75, 3.05) is 0 Å². The number of halogens is 4. The molecule has 0 spiro atoms. The Balaban J connectivity index is 2.28. The van der Waals surface area contributed by atoms with Crippen molar-refractivity contribution in [1.29, 1.82) is 0 Å². The molecule has 3 nitrogen and oxygen atoms in total. The Morgan fingerprint density at radius 1 is 1.21 bits per heavy atom. The molecule has 7 heteroatoms. The van der Waals surface area contributed by atoms with Crippen LogP contribution in [0.25, 0.3) is 22.4 Å². The number of hydrogen-bond acceptors (Lipinski definition) is 2. The third-order valence-electron chi connectivity index (χ3n) is 2.60. The Morgan fingerprint density at radius 2 is 1.89 bits per heavy atom. The molecule has 1 N–H and O–H groups in total. The summed E-state index contributed by atoms with van der Waals surface area (Å²) < 4.78 is 1.67. The van der Waals surface area contributed by atoms with Gasteiger partial charge in [-0.15, -0.1) is 0 Å². The van der Waals surface area contributed by atoms with Crippen LogP contribution in [-0.4, -0.2) is 15.0 Å². The van der Waals surface area contributed by atoms with Crippen molar-refractivity contribution in [2.45, 2.75) is 0 Å². The maximum absolute atomic E-state index is 6.26. The minimum atomic E-state index is 0.569. The van der Waals surface area contributed by atoms with Crippen LogP contribution in [0, 0.1) is 3.57 Å². The zero-order valence-corrected chi connectivity index (χ0v) is 14.5. The van der Waals surface area contributed by atoms with Gasteiger partial charge in [0.05, 0.1) is 21.1 Å². The molecule has 0 atom stereocenters. The van der Waals surface area contributed by atoms with Crippen molar-refractivity contribution >= 4 is 72.8 Å². The van der Waals surface area contributed by atoms with Crippen LogP contribution in [0.15, 0.2) is 29.0 Å². The first-order chi connectivity index (χ1) is 9.06. The number of nitrogens with one attached hydrogen (secondary N) is 1. The number of H-pyrrole nitrogens is 1. The van der Waals surface area contributed by atoms with Crippen molar-refractivity contribution < 1.29 is 0 Å². The Hall–Kier alpha value is -0.370. The lowest BCUT2D eigenvalue weighted by Gasteiger charge is -2.04. The first-order valence-electron chi connectivity index (χ1n) is 5.21. The van der Waals surface area contributed by atoms with E-state index in [4.69, 9.17) is 23.2 Å². The van der Waals surface area contributed by atoms with Crippen LogP contribution < -0.4 is 0 Å². The summed E-state index contributed by atoms with van der Waals surface area (Å²) >= 11 is 18.1. The van der Waals surface area contributed by atoms with Crippen LogP contribution in [0.3, 0.4) is 0 Å². The lowest BCUT2D eigenvalue weighted by Crippen LogP contribution is -1.85. The second kappa shape index (κ2) is 5.20. The van der Waals surface area contributed by atoms with Gasteiger partial charge in [0.25, 0.3) is 0 Å². The van der Waals surface area contributed by atoms with E-state index in [9.17, 15) is 0 Å². The highest BCUT2D eigenvalue weighted by Crippen LogP contribution is 2.36. The maximum Gasteiger partial charge on any atom is 0.141 e. The van der Waals surface area contributed by atoms with E-state index in [2.05, 4.69) is 53.5 Å². The normalized spacial score (nSPS) is 11.2. The zero-order valence-electron chi connectivity index (χ0n) is 9.22. The van der Waals surface area contributed by atoms with Crippen LogP contribution in [0.5, 0.6) is 0 Å². The molecule has 0 saturated carbocycles. The Labute approximate surface area is 141 Å². The van der Waals surface area contributed by atoms with E-state index in [1.807, 2.05) is 18.2 Å². The molecule has 0 aliphatic rings. The van der Waals surface area contributed by atoms with E-state index < -0.39 is 0 Å². The predicted molar refractivity (Wildman–Crippen MR) is 89.8 cm³/mol. The predicted octanol–water partition coefficient (Wildman–Crippen LogP) is 5.30. The summed E-state index contributed by atoms with van der Waals surface area (Å²) in [6, 6.07) is 5.55.